The van der Waals surface area contributed by atoms with Gasteiger partial charge in [-0.1, -0.05) is 29.5 Å². The van der Waals surface area contributed by atoms with Crippen LogP contribution in [0.2, 0.25) is 0 Å². The van der Waals surface area contributed by atoms with Crippen molar-refractivity contribution in [1.82, 2.24) is 4.98 Å². The molecule has 1 amide bonds. The largest absolute Gasteiger partial charge is 0.494 e. The lowest BCUT2D eigenvalue weighted by molar-refractivity contribution is -0.118. The van der Waals surface area contributed by atoms with Crippen LogP contribution < -0.4 is 14.4 Å². The fourth-order valence-electron chi connectivity index (χ4n) is 3.26. The maximum Gasteiger partial charge on any atom is 0.233 e. The van der Waals surface area contributed by atoms with Crippen LogP contribution in [0.1, 0.15) is 25.2 Å². The molecule has 0 bridgehead atoms. The number of hydrogen-bond acceptors (Lipinski definition) is 6. The average molecular weight is 437 g/mol. The zero-order chi connectivity index (χ0) is 21.6. The van der Waals surface area contributed by atoms with Crippen molar-refractivity contribution >= 4 is 32.6 Å². The minimum absolute atomic E-state index is 0.0578. The highest BCUT2D eigenvalue weighted by molar-refractivity contribution is 7.22. The zero-order valence-corrected chi connectivity index (χ0v) is 18.4. The van der Waals surface area contributed by atoms with Gasteiger partial charge in [-0.25, -0.2) is 4.98 Å². The summed E-state index contributed by atoms with van der Waals surface area (Å²) in [6, 6.07) is 17.1. The molecular formula is C24H24N2O4S. The molecule has 0 spiro atoms. The van der Waals surface area contributed by atoms with Gasteiger partial charge in [0.15, 0.2) is 5.13 Å². The number of furan rings is 1. The van der Waals surface area contributed by atoms with E-state index in [1.165, 1.54) is 11.3 Å². The SMILES string of the molecule is CCOc1ccc(CC(=O)N(Cc2ccco2)c2nc3c(OCC)cccc3s2)cc1. The van der Waals surface area contributed by atoms with Gasteiger partial charge < -0.3 is 13.9 Å². The van der Waals surface area contributed by atoms with Gasteiger partial charge in [0.05, 0.1) is 37.1 Å². The molecule has 0 radical (unpaired) electrons. The molecule has 7 heteroatoms. The summed E-state index contributed by atoms with van der Waals surface area (Å²) in [6.45, 7) is 5.36. The van der Waals surface area contributed by atoms with E-state index in [1.807, 2.05) is 68.4 Å². The second kappa shape index (κ2) is 9.66. The van der Waals surface area contributed by atoms with Crippen LogP contribution in [0.3, 0.4) is 0 Å². The van der Waals surface area contributed by atoms with E-state index in [2.05, 4.69) is 0 Å². The molecule has 0 saturated heterocycles. The average Bonchev–Trinajstić information content (AvgIpc) is 3.44. The summed E-state index contributed by atoms with van der Waals surface area (Å²) in [5.74, 6) is 2.15. The Balaban J connectivity index is 1.63. The van der Waals surface area contributed by atoms with Crippen molar-refractivity contribution in [3.63, 3.8) is 0 Å². The molecule has 0 aliphatic rings. The molecule has 0 unspecified atom stereocenters. The van der Waals surface area contributed by atoms with Gasteiger partial charge >= 0.3 is 0 Å². The summed E-state index contributed by atoms with van der Waals surface area (Å²) in [6.07, 6.45) is 1.86. The van der Waals surface area contributed by atoms with Gasteiger partial charge in [-0.3, -0.25) is 9.69 Å². The van der Waals surface area contributed by atoms with Gasteiger partial charge in [0.25, 0.3) is 0 Å². The molecular weight excluding hydrogens is 412 g/mol. The number of benzene rings is 2. The predicted octanol–water partition coefficient (Wildman–Crippen LogP) is 5.46. The summed E-state index contributed by atoms with van der Waals surface area (Å²) in [7, 11) is 0. The first-order chi connectivity index (χ1) is 15.2. The van der Waals surface area contributed by atoms with E-state index >= 15 is 0 Å². The number of hydrogen-bond donors (Lipinski definition) is 0. The highest BCUT2D eigenvalue weighted by Crippen LogP contribution is 2.35. The maximum absolute atomic E-state index is 13.3. The number of thiazole rings is 1. The number of carbonyl (C=O) groups excluding carboxylic acids is 1. The van der Waals surface area contributed by atoms with Crippen LogP contribution in [0.4, 0.5) is 5.13 Å². The summed E-state index contributed by atoms with van der Waals surface area (Å²) in [4.78, 5) is 19.8. The fourth-order valence-corrected chi connectivity index (χ4v) is 4.26. The number of rotatable bonds is 9. The van der Waals surface area contributed by atoms with Crippen molar-refractivity contribution in [2.75, 3.05) is 18.1 Å². The smallest absolute Gasteiger partial charge is 0.233 e. The van der Waals surface area contributed by atoms with Crippen molar-refractivity contribution in [3.8, 4) is 11.5 Å². The van der Waals surface area contributed by atoms with Crippen LogP contribution in [-0.2, 0) is 17.8 Å². The van der Waals surface area contributed by atoms with Crippen LogP contribution in [0, 0.1) is 0 Å². The van der Waals surface area contributed by atoms with E-state index in [-0.39, 0.29) is 12.3 Å². The first kappa shape index (κ1) is 20.9. The Morgan fingerprint density at radius 2 is 1.84 bits per heavy atom. The molecule has 4 rings (SSSR count). The number of amides is 1. The highest BCUT2D eigenvalue weighted by Gasteiger charge is 2.22. The summed E-state index contributed by atoms with van der Waals surface area (Å²) < 4.78 is 17.7. The van der Waals surface area contributed by atoms with E-state index in [0.29, 0.717) is 30.7 Å². The van der Waals surface area contributed by atoms with Crippen LogP contribution in [-0.4, -0.2) is 24.1 Å². The number of para-hydroxylation sites is 1. The third-order valence-electron chi connectivity index (χ3n) is 4.69. The first-order valence-electron chi connectivity index (χ1n) is 10.2. The Morgan fingerprint density at radius 1 is 1.03 bits per heavy atom. The minimum Gasteiger partial charge on any atom is -0.494 e. The quantitative estimate of drug-likeness (QED) is 0.348. The van der Waals surface area contributed by atoms with E-state index in [4.69, 9.17) is 18.9 Å². The van der Waals surface area contributed by atoms with Crippen molar-refractivity contribution in [3.05, 3.63) is 72.2 Å². The van der Waals surface area contributed by atoms with Gasteiger partial charge in [0.1, 0.15) is 22.8 Å². The Bertz CT molecular complexity index is 1140. The molecule has 0 saturated carbocycles. The number of nitrogens with zero attached hydrogens (tertiary/aromatic N) is 2. The lowest BCUT2D eigenvalue weighted by atomic mass is 10.1. The number of anilines is 1. The van der Waals surface area contributed by atoms with Crippen LogP contribution in [0.5, 0.6) is 11.5 Å². The number of fused-ring (bicyclic) bond motifs is 1. The monoisotopic (exact) mass is 436 g/mol. The Morgan fingerprint density at radius 3 is 2.55 bits per heavy atom. The van der Waals surface area contributed by atoms with Crippen molar-refractivity contribution in [2.24, 2.45) is 0 Å². The molecule has 2 aromatic heterocycles. The molecule has 2 aromatic carbocycles. The molecule has 4 aromatic rings. The van der Waals surface area contributed by atoms with Crippen LogP contribution in [0.25, 0.3) is 10.2 Å². The van der Waals surface area contributed by atoms with E-state index in [1.54, 1.807) is 11.2 Å². The second-order valence-corrected chi connectivity index (χ2v) is 7.85. The normalized spacial score (nSPS) is 10.9. The number of carbonyl (C=O) groups is 1. The molecule has 0 atom stereocenters. The standard InChI is InChI=1S/C24H24N2O4S/c1-3-28-18-12-10-17(11-13-18)15-22(27)26(16-19-7-6-14-30-19)24-25-23-20(29-4-2)8-5-9-21(23)31-24/h5-14H,3-4,15-16H2,1-2H3. The molecule has 0 N–H and O–H groups in total. The van der Waals surface area contributed by atoms with Crippen molar-refractivity contribution < 1.29 is 18.7 Å². The summed E-state index contributed by atoms with van der Waals surface area (Å²) in [5, 5.41) is 0.620. The Hall–Kier alpha value is -3.32. The molecule has 31 heavy (non-hydrogen) atoms. The number of ether oxygens (including phenoxy) is 2. The van der Waals surface area contributed by atoms with Gasteiger partial charge in [-0.2, -0.15) is 0 Å². The Labute approximate surface area is 185 Å². The van der Waals surface area contributed by atoms with Crippen LogP contribution >= 0.6 is 11.3 Å². The van der Waals surface area contributed by atoms with E-state index in [0.717, 1.165) is 27.3 Å². The molecule has 0 fully saturated rings. The maximum atomic E-state index is 13.3. The molecule has 160 valence electrons. The van der Waals surface area contributed by atoms with Gasteiger partial charge in [-0.05, 0) is 55.8 Å². The minimum atomic E-state index is -0.0578. The lowest BCUT2D eigenvalue weighted by Gasteiger charge is -2.19. The third kappa shape index (κ3) is 4.88. The van der Waals surface area contributed by atoms with E-state index < -0.39 is 0 Å². The summed E-state index contributed by atoms with van der Waals surface area (Å²) in [5.41, 5.74) is 1.68. The predicted molar refractivity (Wildman–Crippen MR) is 122 cm³/mol. The van der Waals surface area contributed by atoms with Crippen LogP contribution in [0.15, 0.2) is 65.3 Å². The van der Waals surface area contributed by atoms with Gasteiger partial charge in [0, 0.05) is 0 Å². The fraction of sp³-hybridized carbons (Fsp3) is 0.250. The lowest BCUT2D eigenvalue weighted by Crippen LogP contribution is -2.31. The zero-order valence-electron chi connectivity index (χ0n) is 17.5. The van der Waals surface area contributed by atoms with Crippen molar-refractivity contribution in [1.29, 1.82) is 0 Å². The molecule has 0 aliphatic heterocycles. The Kier molecular flexibility index (Phi) is 6.52. The van der Waals surface area contributed by atoms with Gasteiger partial charge in [0.2, 0.25) is 5.91 Å². The topological polar surface area (TPSA) is 64.8 Å². The second-order valence-electron chi connectivity index (χ2n) is 6.85. The van der Waals surface area contributed by atoms with Crippen molar-refractivity contribution in [2.45, 2.75) is 26.8 Å². The third-order valence-corrected chi connectivity index (χ3v) is 5.73. The number of aromatic nitrogens is 1. The van der Waals surface area contributed by atoms with Gasteiger partial charge in [-0.15, -0.1) is 0 Å². The summed E-state index contributed by atoms with van der Waals surface area (Å²) >= 11 is 1.47. The molecule has 2 heterocycles. The highest BCUT2D eigenvalue weighted by atomic mass is 32.1. The first-order valence-corrected chi connectivity index (χ1v) is 11.1. The molecule has 6 nitrogen and oxygen atoms in total. The molecule has 0 aliphatic carbocycles. The van der Waals surface area contributed by atoms with E-state index in [9.17, 15) is 4.79 Å².